The molecule has 0 bridgehead atoms. The van der Waals surface area contributed by atoms with Crippen LogP contribution in [0.2, 0.25) is 0 Å². The summed E-state index contributed by atoms with van der Waals surface area (Å²) in [6.07, 6.45) is 49.5. The van der Waals surface area contributed by atoms with Crippen LogP contribution in [0.5, 0.6) is 0 Å². The number of aliphatic hydroxyl groups excluding tert-OH is 2. The van der Waals surface area contributed by atoms with Crippen LogP contribution in [0.4, 0.5) is 0 Å². The first kappa shape index (κ1) is 77.0. The molecule has 0 rings (SSSR count). The number of unbranched alkanes of at least 4 members (excludes halogenated alkanes) is 34. The summed E-state index contributed by atoms with van der Waals surface area (Å²) in [7, 11) is -9.74. The molecule has 0 spiro atoms. The number of allylic oxidation sites excluding steroid dienone is 4. The molecule has 0 aliphatic rings. The molecule has 0 saturated carbocycles. The predicted octanol–water partition coefficient (Wildman–Crippen LogP) is 16.5. The molecular weight excluding hydrogens is 1050 g/mol. The van der Waals surface area contributed by atoms with E-state index in [1.165, 1.54) is 141 Å². The summed E-state index contributed by atoms with van der Waals surface area (Å²) < 4.78 is 60.7. The third-order valence-corrected chi connectivity index (χ3v) is 15.6. The highest BCUT2D eigenvalue weighted by Crippen LogP contribution is 2.45. The van der Waals surface area contributed by atoms with Gasteiger partial charge >= 0.3 is 33.6 Å². The normalized spacial score (nSPS) is 14.6. The first-order valence-corrected chi connectivity index (χ1v) is 34.6. The van der Waals surface area contributed by atoms with Gasteiger partial charge in [0.05, 0.1) is 26.4 Å². The van der Waals surface area contributed by atoms with E-state index >= 15 is 0 Å². The Morgan fingerprint density at radius 2 is 0.633 bits per heavy atom. The molecule has 466 valence electrons. The van der Waals surface area contributed by atoms with E-state index in [0.717, 1.165) is 89.9 Å². The van der Waals surface area contributed by atoms with Crippen LogP contribution in [0.25, 0.3) is 0 Å². The van der Waals surface area contributed by atoms with Crippen molar-refractivity contribution in [2.24, 2.45) is 0 Å². The lowest BCUT2D eigenvalue weighted by Crippen LogP contribution is -2.30. The Hall–Kier alpha value is -1.97. The van der Waals surface area contributed by atoms with Gasteiger partial charge in [0.15, 0.2) is 6.10 Å². The van der Waals surface area contributed by atoms with Crippen molar-refractivity contribution in [1.82, 2.24) is 0 Å². The highest BCUT2D eigenvalue weighted by atomic mass is 31.2. The number of carbonyl (C=O) groups is 3. The number of esters is 3. The smallest absolute Gasteiger partial charge is 0.463 e. The number of rotatable bonds is 61. The summed E-state index contributed by atoms with van der Waals surface area (Å²) in [5.74, 6) is -1.56. The van der Waals surface area contributed by atoms with Crippen molar-refractivity contribution < 1.29 is 75.8 Å². The van der Waals surface area contributed by atoms with Gasteiger partial charge in [0.25, 0.3) is 0 Å². The predicted molar refractivity (Wildman–Crippen MR) is 316 cm³/mol. The summed E-state index contributed by atoms with van der Waals surface area (Å²) in [6, 6.07) is 0. The average molecular weight is 1170 g/mol. The Balaban J connectivity index is 4.66. The molecule has 0 aliphatic carbocycles. The fourth-order valence-corrected chi connectivity index (χ4v) is 10.4. The lowest BCUT2D eigenvalue weighted by molar-refractivity contribution is -0.161. The van der Waals surface area contributed by atoms with E-state index in [9.17, 15) is 43.5 Å². The summed E-state index contributed by atoms with van der Waals surface area (Å²) in [5.41, 5.74) is 0. The summed E-state index contributed by atoms with van der Waals surface area (Å²) in [4.78, 5) is 58.1. The second kappa shape index (κ2) is 56.5. The Labute approximate surface area is 480 Å². The first-order valence-electron chi connectivity index (χ1n) is 31.6. The van der Waals surface area contributed by atoms with Crippen LogP contribution in [0, 0.1) is 0 Å². The molecule has 5 unspecified atom stereocenters. The van der Waals surface area contributed by atoms with Gasteiger partial charge in [-0.15, -0.1) is 0 Å². The zero-order valence-corrected chi connectivity index (χ0v) is 51.9. The monoisotopic (exact) mass is 1170 g/mol. The van der Waals surface area contributed by atoms with Crippen molar-refractivity contribution in [3.05, 3.63) is 24.3 Å². The molecule has 5 atom stereocenters. The van der Waals surface area contributed by atoms with Crippen LogP contribution in [-0.2, 0) is 55.8 Å². The lowest BCUT2D eigenvalue weighted by Gasteiger charge is -2.21. The Morgan fingerprint density at radius 1 is 0.354 bits per heavy atom. The van der Waals surface area contributed by atoms with Crippen molar-refractivity contribution >= 4 is 33.6 Å². The Morgan fingerprint density at radius 3 is 1.01 bits per heavy atom. The minimum absolute atomic E-state index is 0.114. The molecule has 0 aromatic carbocycles. The molecule has 0 radical (unpaired) electrons. The second-order valence-corrected chi connectivity index (χ2v) is 24.5. The van der Waals surface area contributed by atoms with Gasteiger partial charge in [-0.2, -0.15) is 0 Å². The molecule has 79 heavy (non-hydrogen) atoms. The maximum Gasteiger partial charge on any atom is 0.472 e. The van der Waals surface area contributed by atoms with E-state index in [4.69, 9.17) is 32.3 Å². The first-order chi connectivity index (χ1) is 38.2. The largest absolute Gasteiger partial charge is 0.472 e. The van der Waals surface area contributed by atoms with Crippen LogP contribution < -0.4 is 0 Å². The van der Waals surface area contributed by atoms with E-state index in [1.54, 1.807) is 0 Å². The van der Waals surface area contributed by atoms with E-state index in [2.05, 4.69) is 45.1 Å². The molecule has 18 heteroatoms. The van der Waals surface area contributed by atoms with Crippen molar-refractivity contribution in [1.29, 1.82) is 0 Å². The van der Waals surface area contributed by atoms with E-state index in [0.29, 0.717) is 19.3 Å². The number of phosphoric ester groups is 2. The van der Waals surface area contributed by atoms with Crippen molar-refractivity contribution in [3.63, 3.8) is 0 Å². The third-order valence-electron chi connectivity index (χ3n) is 13.7. The molecule has 0 fully saturated rings. The molecule has 0 amide bonds. The minimum Gasteiger partial charge on any atom is -0.463 e. The van der Waals surface area contributed by atoms with Crippen LogP contribution in [0.15, 0.2) is 24.3 Å². The van der Waals surface area contributed by atoms with Gasteiger partial charge < -0.3 is 34.2 Å². The van der Waals surface area contributed by atoms with Crippen LogP contribution in [-0.4, -0.2) is 95.9 Å². The molecule has 0 aromatic rings. The highest BCUT2D eigenvalue weighted by molar-refractivity contribution is 7.47. The van der Waals surface area contributed by atoms with Gasteiger partial charge in [-0.05, 0) is 51.4 Å². The summed E-state index contributed by atoms with van der Waals surface area (Å²) >= 11 is 0. The van der Waals surface area contributed by atoms with Gasteiger partial charge in [0.2, 0.25) is 0 Å². The fraction of sp³-hybridized carbons (Fsp3) is 0.885. The SMILES string of the molecule is CCCCC/C=C\C/C=C\CCCCCCCC(=O)OCC(O)COP(=O)(O)OCC(O)COP(=O)(O)OCC(COC(=O)CCCCCCCCCCCCCCCCC)OC(=O)CCCCCCCCCCCCCCC. The summed E-state index contributed by atoms with van der Waals surface area (Å²) in [6.45, 7) is 2.66. The quantitative estimate of drug-likeness (QED) is 0.0146. The lowest BCUT2D eigenvalue weighted by atomic mass is 10.0. The minimum atomic E-state index is -4.91. The van der Waals surface area contributed by atoms with E-state index < -0.39 is 91.5 Å². The second-order valence-electron chi connectivity index (χ2n) is 21.6. The molecule has 0 heterocycles. The van der Waals surface area contributed by atoms with Gasteiger partial charge in [-0.3, -0.25) is 32.5 Å². The molecule has 0 aliphatic heterocycles. The third kappa shape index (κ3) is 57.6. The van der Waals surface area contributed by atoms with Crippen molar-refractivity contribution in [2.75, 3.05) is 39.6 Å². The fourth-order valence-electron chi connectivity index (χ4n) is 8.78. The molecular formula is C61H116O16P2. The van der Waals surface area contributed by atoms with Gasteiger partial charge in [0.1, 0.15) is 25.4 Å². The number of ether oxygens (including phenoxy) is 3. The standard InChI is InChI=1S/C61H116O16P2/c1-4-7-10-13-16-19-22-25-27-30-32-35-38-41-44-47-59(64)71-50-56(62)51-73-78(67,68)74-52-57(63)53-75-79(69,70)76-55-58(77-61(66)49-46-43-40-37-34-29-24-21-18-15-12-9-6-3)54-72-60(65)48-45-42-39-36-33-31-28-26-23-20-17-14-11-8-5-2/h16,19,25,27,56-58,62-63H,4-15,17-18,20-24,26,28-55H2,1-3H3,(H,67,68)(H,69,70)/b19-16-,27-25-. The number of carbonyl (C=O) groups excluding carboxylic acids is 3. The topological polar surface area (TPSA) is 231 Å². The molecule has 16 nitrogen and oxygen atoms in total. The van der Waals surface area contributed by atoms with E-state index in [1.807, 2.05) is 0 Å². The zero-order chi connectivity index (χ0) is 58.2. The Bertz CT molecular complexity index is 1560. The zero-order valence-electron chi connectivity index (χ0n) is 50.1. The number of phosphoric acid groups is 2. The van der Waals surface area contributed by atoms with Crippen molar-refractivity contribution in [2.45, 2.75) is 309 Å². The van der Waals surface area contributed by atoms with Crippen molar-refractivity contribution in [3.8, 4) is 0 Å². The molecule has 0 aromatic heterocycles. The van der Waals surface area contributed by atoms with Gasteiger partial charge in [-0.1, -0.05) is 244 Å². The van der Waals surface area contributed by atoms with E-state index in [-0.39, 0.29) is 19.3 Å². The average Bonchev–Trinajstić information content (AvgIpc) is 3.42. The molecule has 4 N–H and O–H groups in total. The maximum atomic E-state index is 12.9. The number of aliphatic hydroxyl groups is 2. The number of hydrogen-bond acceptors (Lipinski definition) is 14. The molecule has 0 saturated heterocycles. The van der Waals surface area contributed by atoms with Gasteiger partial charge in [0, 0.05) is 19.3 Å². The maximum absolute atomic E-state index is 12.9. The number of hydrogen-bond donors (Lipinski definition) is 4. The highest BCUT2D eigenvalue weighted by Gasteiger charge is 2.29. The van der Waals surface area contributed by atoms with Crippen LogP contribution in [0.3, 0.4) is 0 Å². The summed E-state index contributed by atoms with van der Waals surface area (Å²) in [5, 5.41) is 20.5. The van der Waals surface area contributed by atoms with Crippen LogP contribution >= 0.6 is 15.6 Å². The Kier molecular flexibility index (Phi) is 55.1. The van der Waals surface area contributed by atoms with Crippen LogP contribution in [0.1, 0.15) is 290 Å². The van der Waals surface area contributed by atoms with Gasteiger partial charge in [-0.25, -0.2) is 9.13 Å².